The molecule has 2 aliphatic heterocycles. The van der Waals surface area contributed by atoms with Crippen molar-refractivity contribution >= 4 is 17.7 Å². The van der Waals surface area contributed by atoms with Gasteiger partial charge in [-0.05, 0) is 44.4 Å². The van der Waals surface area contributed by atoms with Gasteiger partial charge in [0.1, 0.15) is 6.04 Å². The number of hydrogen-bond donors (Lipinski definition) is 3. The van der Waals surface area contributed by atoms with Gasteiger partial charge in [-0.1, -0.05) is 27.2 Å². The van der Waals surface area contributed by atoms with E-state index in [-0.39, 0.29) is 23.8 Å². The first-order chi connectivity index (χ1) is 12.7. The smallest absolute Gasteiger partial charge is 0.245 e. The van der Waals surface area contributed by atoms with Crippen molar-refractivity contribution in [3.05, 3.63) is 0 Å². The molecular weight excluding hydrogens is 346 g/mol. The van der Waals surface area contributed by atoms with E-state index in [2.05, 4.69) is 5.32 Å². The second-order valence-corrected chi connectivity index (χ2v) is 8.56. The summed E-state index contributed by atoms with van der Waals surface area (Å²) >= 11 is 0. The summed E-state index contributed by atoms with van der Waals surface area (Å²) in [6.45, 7) is 6.33. The largest absolute Gasteiger partial charge is 0.391 e. The summed E-state index contributed by atoms with van der Waals surface area (Å²) in [6.07, 6.45) is 4.30. The fourth-order valence-electron chi connectivity index (χ4n) is 4.54. The van der Waals surface area contributed by atoms with E-state index in [0.717, 1.165) is 19.3 Å². The summed E-state index contributed by atoms with van der Waals surface area (Å²) in [4.78, 5) is 39.6. The molecule has 2 heterocycles. The van der Waals surface area contributed by atoms with Gasteiger partial charge in [0.05, 0.1) is 6.10 Å². The molecule has 7 nitrogen and oxygen atoms in total. The number of amides is 3. The molecule has 3 amide bonds. The van der Waals surface area contributed by atoms with Gasteiger partial charge >= 0.3 is 0 Å². The lowest BCUT2D eigenvalue weighted by Crippen LogP contribution is -2.51. The van der Waals surface area contributed by atoms with Crippen LogP contribution in [0.1, 0.15) is 65.7 Å². The molecule has 2 aliphatic rings. The molecule has 0 spiro atoms. The van der Waals surface area contributed by atoms with Crippen LogP contribution >= 0.6 is 0 Å². The Balaban J connectivity index is 2.12. The molecule has 0 aliphatic carbocycles. The number of aliphatic hydroxyl groups is 1. The minimum Gasteiger partial charge on any atom is -0.391 e. The van der Waals surface area contributed by atoms with E-state index in [4.69, 9.17) is 5.73 Å². The maximum atomic E-state index is 13.0. The van der Waals surface area contributed by atoms with Gasteiger partial charge in [0.25, 0.3) is 0 Å². The van der Waals surface area contributed by atoms with Crippen LogP contribution in [0.3, 0.4) is 0 Å². The van der Waals surface area contributed by atoms with Crippen molar-refractivity contribution in [3.63, 3.8) is 0 Å². The van der Waals surface area contributed by atoms with E-state index >= 15 is 0 Å². The zero-order valence-corrected chi connectivity index (χ0v) is 16.8. The van der Waals surface area contributed by atoms with Crippen molar-refractivity contribution in [2.24, 2.45) is 23.5 Å². The van der Waals surface area contributed by atoms with Crippen LogP contribution in [0.15, 0.2) is 0 Å². The number of nitrogens with zero attached hydrogens (tertiary/aromatic N) is 1. The van der Waals surface area contributed by atoms with Crippen LogP contribution in [-0.4, -0.2) is 52.5 Å². The molecule has 27 heavy (non-hydrogen) atoms. The summed E-state index contributed by atoms with van der Waals surface area (Å²) in [7, 11) is 0. The highest BCUT2D eigenvalue weighted by atomic mass is 16.3. The van der Waals surface area contributed by atoms with Gasteiger partial charge in [0.15, 0.2) is 0 Å². The SMILES string of the molecule is CCC[C@H](C(N)=O)[C@@H](CC(C)C)C(=O)N[C@@H]1CCC[C@@H]2C[C@@H](O)CN2C1=O. The minimum absolute atomic E-state index is 0.0688. The van der Waals surface area contributed by atoms with Gasteiger partial charge in [-0.15, -0.1) is 0 Å². The average Bonchev–Trinajstić information content (AvgIpc) is 2.90. The van der Waals surface area contributed by atoms with E-state index in [9.17, 15) is 19.5 Å². The van der Waals surface area contributed by atoms with Gasteiger partial charge in [0, 0.05) is 24.4 Å². The monoisotopic (exact) mass is 381 g/mol. The second-order valence-electron chi connectivity index (χ2n) is 8.56. The third-order valence-corrected chi connectivity index (χ3v) is 5.83. The van der Waals surface area contributed by atoms with Crippen LogP contribution in [-0.2, 0) is 14.4 Å². The van der Waals surface area contributed by atoms with Crippen LogP contribution in [0, 0.1) is 17.8 Å². The predicted molar refractivity (Wildman–Crippen MR) is 102 cm³/mol. The number of carbonyl (C=O) groups excluding carboxylic acids is 3. The Morgan fingerprint density at radius 2 is 2.00 bits per heavy atom. The molecule has 0 radical (unpaired) electrons. The normalized spacial score (nSPS) is 27.8. The summed E-state index contributed by atoms with van der Waals surface area (Å²) in [5.74, 6) is -1.61. The average molecular weight is 382 g/mol. The maximum absolute atomic E-state index is 13.0. The second kappa shape index (κ2) is 9.53. The molecule has 7 heteroatoms. The maximum Gasteiger partial charge on any atom is 0.245 e. The zero-order chi connectivity index (χ0) is 20.1. The van der Waals surface area contributed by atoms with E-state index in [1.165, 1.54) is 0 Å². The van der Waals surface area contributed by atoms with Crippen LogP contribution in [0.5, 0.6) is 0 Å². The fourth-order valence-corrected chi connectivity index (χ4v) is 4.54. The predicted octanol–water partition coefficient (Wildman–Crippen LogP) is 1.18. The van der Waals surface area contributed by atoms with E-state index in [1.807, 2.05) is 20.8 Å². The quantitative estimate of drug-likeness (QED) is 0.586. The number of fused-ring (bicyclic) bond motifs is 1. The van der Waals surface area contributed by atoms with Crippen molar-refractivity contribution in [1.29, 1.82) is 0 Å². The number of rotatable bonds is 8. The van der Waals surface area contributed by atoms with E-state index in [1.54, 1.807) is 4.90 Å². The topological polar surface area (TPSA) is 113 Å². The lowest BCUT2D eigenvalue weighted by atomic mass is 9.81. The van der Waals surface area contributed by atoms with Crippen LogP contribution in [0.2, 0.25) is 0 Å². The lowest BCUT2D eigenvalue weighted by Gasteiger charge is -2.29. The van der Waals surface area contributed by atoms with Gasteiger partial charge in [-0.2, -0.15) is 0 Å². The summed E-state index contributed by atoms with van der Waals surface area (Å²) in [5, 5.41) is 12.8. The first-order valence-electron chi connectivity index (χ1n) is 10.3. The number of nitrogens with two attached hydrogens (primary N) is 1. The molecule has 2 rings (SSSR count). The number of aliphatic hydroxyl groups excluding tert-OH is 1. The Morgan fingerprint density at radius 1 is 1.30 bits per heavy atom. The number of nitrogens with one attached hydrogen (secondary N) is 1. The zero-order valence-electron chi connectivity index (χ0n) is 16.8. The Labute approximate surface area is 162 Å². The molecule has 0 unspecified atom stereocenters. The highest BCUT2D eigenvalue weighted by molar-refractivity contribution is 5.91. The van der Waals surface area contributed by atoms with Crippen molar-refractivity contribution in [2.75, 3.05) is 6.54 Å². The number of carbonyl (C=O) groups is 3. The highest BCUT2D eigenvalue weighted by Crippen LogP contribution is 2.29. The molecule has 4 N–H and O–H groups in total. The number of primary amides is 1. The molecule has 0 saturated carbocycles. The lowest BCUT2D eigenvalue weighted by molar-refractivity contribution is -0.139. The molecule has 5 atom stereocenters. The van der Waals surface area contributed by atoms with Crippen molar-refractivity contribution < 1.29 is 19.5 Å². The Bertz CT molecular complexity index is 551. The van der Waals surface area contributed by atoms with E-state index < -0.39 is 29.9 Å². The van der Waals surface area contributed by atoms with Gasteiger partial charge in [-0.3, -0.25) is 14.4 Å². The van der Waals surface area contributed by atoms with Crippen molar-refractivity contribution in [1.82, 2.24) is 10.2 Å². The molecular formula is C20H35N3O4. The molecule has 154 valence electrons. The molecule has 0 aromatic heterocycles. The van der Waals surface area contributed by atoms with Gasteiger partial charge in [0.2, 0.25) is 17.7 Å². The highest BCUT2D eigenvalue weighted by Gasteiger charge is 2.41. The Morgan fingerprint density at radius 3 is 2.59 bits per heavy atom. The summed E-state index contributed by atoms with van der Waals surface area (Å²) < 4.78 is 0. The molecule has 2 fully saturated rings. The van der Waals surface area contributed by atoms with Crippen LogP contribution < -0.4 is 11.1 Å². The summed E-state index contributed by atoms with van der Waals surface area (Å²) in [6, 6.07) is -0.517. The fraction of sp³-hybridized carbons (Fsp3) is 0.850. The third kappa shape index (κ3) is 5.43. The van der Waals surface area contributed by atoms with Crippen molar-refractivity contribution in [2.45, 2.75) is 83.9 Å². The van der Waals surface area contributed by atoms with Crippen LogP contribution in [0.4, 0.5) is 0 Å². The van der Waals surface area contributed by atoms with E-state index in [0.29, 0.717) is 32.2 Å². The first kappa shape index (κ1) is 21.7. The first-order valence-corrected chi connectivity index (χ1v) is 10.3. The molecule has 2 saturated heterocycles. The van der Waals surface area contributed by atoms with Crippen LogP contribution in [0.25, 0.3) is 0 Å². The summed E-state index contributed by atoms with van der Waals surface area (Å²) in [5.41, 5.74) is 5.59. The van der Waals surface area contributed by atoms with Gasteiger partial charge in [-0.25, -0.2) is 0 Å². The third-order valence-electron chi connectivity index (χ3n) is 5.83. The molecule has 0 bridgehead atoms. The Kier molecular flexibility index (Phi) is 7.65. The van der Waals surface area contributed by atoms with Crippen molar-refractivity contribution in [3.8, 4) is 0 Å². The minimum atomic E-state index is -0.586. The Hall–Kier alpha value is -1.63. The molecule has 0 aromatic carbocycles. The molecule has 0 aromatic rings. The standard InChI is InChI=1S/C20H35N3O4/c1-4-6-15(18(21)25)16(9-12(2)3)19(26)22-17-8-5-7-13-10-14(24)11-23(13)20(17)27/h12-17,24H,4-11H2,1-3H3,(H2,21,25)(H,22,26)/t13-,14-,15+,16-,17-/m1/s1. The number of hydrogen-bond acceptors (Lipinski definition) is 4. The van der Waals surface area contributed by atoms with Gasteiger partial charge < -0.3 is 21.1 Å².